The monoisotopic (exact) mass is 409 g/mol. The van der Waals surface area contributed by atoms with Crippen LogP contribution in [0.25, 0.3) is 5.70 Å². The molecule has 2 aliphatic rings. The van der Waals surface area contributed by atoms with E-state index in [1.54, 1.807) is 18.2 Å². The summed E-state index contributed by atoms with van der Waals surface area (Å²) in [4.78, 5) is 14.1. The van der Waals surface area contributed by atoms with Gasteiger partial charge in [0, 0.05) is 21.6 Å². The molecule has 0 radical (unpaired) electrons. The quantitative estimate of drug-likeness (QED) is 0.493. The molecule has 1 heterocycles. The summed E-state index contributed by atoms with van der Waals surface area (Å²) >= 11 is 1.27. The number of fused-ring (bicyclic) bond motifs is 3. The van der Waals surface area contributed by atoms with Gasteiger partial charge in [-0.25, -0.2) is 0 Å². The Balaban J connectivity index is 1.78. The van der Waals surface area contributed by atoms with Crippen LogP contribution in [0.15, 0.2) is 83.3 Å². The molecule has 0 saturated carbocycles. The molecular formula is C23H14F3NOS. The number of alkyl halides is 3. The first kappa shape index (κ1) is 18.1. The first-order chi connectivity index (χ1) is 13.9. The average Bonchev–Trinajstić information content (AvgIpc) is 2.88. The maximum absolute atomic E-state index is 13.8. The summed E-state index contributed by atoms with van der Waals surface area (Å²) in [5.41, 5.74) is 2.35. The van der Waals surface area contributed by atoms with E-state index in [4.69, 9.17) is 0 Å². The second kappa shape index (κ2) is 6.52. The van der Waals surface area contributed by atoms with Gasteiger partial charge in [-0.2, -0.15) is 13.2 Å². The van der Waals surface area contributed by atoms with Crippen molar-refractivity contribution in [1.29, 1.82) is 0 Å². The number of carbonyl (C=O) groups is 1. The zero-order valence-electron chi connectivity index (χ0n) is 15.0. The lowest BCUT2D eigenvalue weighted by Crippen LogP contribution is -2.14. The van der Waals surface area contributed by atoms with Crippen LogP contribution in [-0.4, -0.2) is 5.78 Å². The molecule has 6 heteroatoms. The van der Waals surface area contributed by atoms with Crippen molar-refractivity contribution in [3.05, 3.63) is 101 Å². The highest BCUT2D eigenvalue weighted by Crippen LogP contribution is 2.54. The van der Waals surface area contributed by atoms with Crippen molar-refractivity contribution in [2.75, 3.05) is 5.32 Å². The average molecular weight is 409 g/mol. The first-order valence-corrected chi connectivity index (χ1v) is 9.90. The Morgan fingerprint density at radius 3 is 2.28 bits per heavy atom. The molecule has 29 heavy (non-hydrogen) atoms. The third-order valence-corrected chi connectivity index (χ3v) is 6.49. The number of anilines is 1. The van der Waals surface area contributed by atoms with Gasteiger partial charge in [0.2, 0.25) is 0 Å². The van der Waals surface area contributed by atoms with E-state index in [0.29, 0.717) is 16.8 Å². The fourth-order valence-corrected chi connectivity index (χ4v) is 5.22. The first-order valence-electron chi connectivity index (χ1n) is 9.02. The molecule has 0 bridgehead atoms. The summed E-state index contributed by atoms with van der Waals surface area (Å²) < 4.78 is 41.3. The van der Waals surface area contributed by atoms with Gasteiger partial charge in [0.05, 0.1) is 22.2 Å². The van der Waals surface area contributed by atoms with Crippen LogP contribution in [0.2, 0.25) is 0 Å². The number of hydrogen-bond acceptors (Lipinski definition) is 3. The number of Topliss-reactive ketones (excluding diaryl/α,β-unsaturated/α-hetero) is 1. The number of halogens is 3. The Morgan fingerprint density at radius 2 is 1.48 bits per heavy atom. The van der Waals surface area contributed by atoms with Crippen molar-refractivity contribution in [3.8, 4) is 0 Å². The molecule has 1 N–H and O–H groups in total. The third kappa shape index (κ3) is 2.86. The minimum absolute atomic E-state index is 0.0946. The molecule has 1 unspecified atom stereocenters. The van der Waals surface area contributed by atoms with Crippen LogP contribution in [0, 0.1) is 0 Å². The fraction of sp³-hybridized carbons (Fsp3) is 0.0870. The van der Waals surface area contributed by atoms with Crippen LogP contribution >= 0.6 is 11.8 Å². The van der Waals surface area contributed by atoms with Crippen LogP contribution in [0.4, 0.5) is 18.9 Å². The number of rotatable bonds is 1. The molecule has 0 aromatic heterocycles. The summed E-state index contributed by atoms with van der Waals surface area (Å²) in [6.07, 6.45) is -4.51. The zero-order chi connectivity index (χ0) is 20.2. The molecule has 0 amide bonds. The summed E-state index contributed by atoms with van der Waals surface area (Å²) in [5.74, 6) is -0.231. The highest BCUT2D eigenvalue weighted by molar-refractivity contribution is 8.00. The van der Waals surface area contributed by atoms with Crippen LogP contribution in [0.1, 0.15) is 32.3 Å². The zero-order valence-corrected chi connectivity index (χ0v) is 15.8. The molecule has 5 rings (SSSR count). The topological polar surface area (TPSA) is 29.1 Å². The van der Waals surface area contributed by atoms with Crippen LogP contribution < -0.4 is 5.32 Å². The summed E-state index contributed by atoms with van der Waals surface area (Å²) in [5, 5.41) is 2.54. The maximum Gasteiger partial charge on any atom is 0.416 e. The molecule has 0 saturated heterocycles. The Hall–Kier alpha value is -2.99. The lowest BCUT2D eigenvalue weighted by molar-refractivity contribution is -0.138. The van der Waals surface area contributed by atoms with Gasteiger partial charge in [-0.05, 0) is 23.8 Å². The Morgan fingerprint density at radius 1 is 0.828 bits per heavy atom. The number of hydrogen-bond donors (Lipinski definition) is 1. The van der Waals surface area contributed by atoms with E-state index in [9.17, 15) is 18.0 Å². The fourth-order valence-electron chi connectivity index (χ4n) is 3.88. The van der Waals surface area contributed by atoms with Crippen LogP contribution in [-0.2, 0) is 6.18 Å². The molecule has 2 nitrogen and oxygen atoms in total. The van der Waals surface area contributed by atoms with Crippen molar-refractivity contribution < 1.29 is 18.0 Å². The number of ketones is 1. The third-order valence-electron chi connectivity index (χ3n) is 5.16. The standard InChI is InChI=1S/C23H14F3NOS/c24-23(25,26)16-10-4-3-9-15(16)22-19-20(13-7-1-2-8-14(13)21(19)28)27-17-11-5-6-12-18(17)29-22/h1-12,22,27H. The summed E-state index contributed by atoms with van der Waals surface area (Å²) in [6, 6.07) is 20.1. The number of carbonyl (C=O) groups excluding carboxylic acids is 1. The van der Waals surface area contributed by atoms with E-state index < -0.39 is 17.0 Å². The lowest BCUT2D eigenvalue weighted by Gasteiger charge is -2.21. The lowest BCUT2D eigenvalue weighted by atomic mass is 9.96. The minimum atomic E-state index is -4.51. The van der Waals surface area contributed by atoms with Gasteiger partial charge >= 0.3 is 6.18 Å². The Kier molecular flexibility index (Phi) is 4.06. The molecule has 3 aromatic rings. The van der Waals surface area contributed by atoms with Crippen molar-refractivity contribution in [2.24, 2.45) is 0 Å². The number of nitrogens with one attached hydrogen (secondary N) is 1. The van der Waals surface area contributed by atoms with E-state index in [-0.39, 0.29) is 11.3 Å². The molecule has 0 fully saturated rings. The van der Waals surface area contributed by atoms with Gasteiger partial charge in [-0.3, -0.25) is 4.79 Å². The molecule has 3 aromatic carbocycles. The smallest absolute Gasteiger partial charge is 0.354 e. The van der Waals surface area contributed by atoms with E-state index >= 15 is 0 Å². The highest BCUT2D eigenvalue weighted by Gasteiger charge is 2.42. The number of benzene rings is 3. The van der Waals surface area contributed by atoms with Gasteiger partial charge in [0.15, 0.2) is 5.78 Å². The van der Waals surface area contributed by atoms with Crippen molar-refractivity contribution >= 4 is 28.9 Å². The van der Waals surface area contributed by atoms with E-state index in [2.05, 4.69) is 5.32 Å². The van der Waals surface area contributed by atoms with Gasteiger partial charge in [-0.1, -0.05) is 54.6 Å². The Labute approximate surface area is 169 Å². The predicted molar refractivity (Wildman–Crippen MR) is 108 cm³/mol. The second-order valence-corrected chi connectivity index (χ2v) is 8.01. The minimum Gasteiger partial charge on any atom is -0.354 e. The van der Waals surface area contributed by atoms with Crippen molar-refractivity contribution in [3.63, 3.8) is 0 Å². The van der Waals surface area contributed by atoms with E-state index in [0.717, 1.165) is 22.2 Å². The summed E-state index contributed by atoms with van der Waals surface area (Å²) in [7, 11) is 0. The van der Waals surface area contributed by atoms with Crippen molar-refractivity contribution in [2.45, 2.75) is 16.3 Å². The molecule has 1 atom stereocenters. The van der Waals surface area contributed by atoms with Gasteiger partial charge in [-0.15, -0.1) is 11.8 Å². The largest absolute Gasteiger partial charge is 0.416 e. The summed E-state index contributed by atoms with van der Waals surface area (Å²) in [6.45, 7) is 0. The van der Waals surface area contributed by atoms with Crippen LogP contribution in [0.5, 0.6) is 0 Å². The number of para-hydroxylation sites is 1. The Bertz CT molecular complexity index is 1180. The molecule has 144 valence electrons. The van der Waals surface area contributed by atoms with Crippen LogP contribution in [0.3, 0.4) is 0 Å². The van der Waals surface area contributed by atoms with Gasteiger partial charge in [0.1, 0.15) is 0 Å². The molecule has 0 spiro atoms. The van der Waals surface area contributed by atoms with E-state index in [1.165, 1.54) is 23.9 Å². The molecule has 1 aliphatic heterocycles. The SMILES string of the molecule is O=C1C2=C(Nc3ccccc3SC2c2ccccc2C(F)(F)F)c2ccccc21. The maximum atomic E-state index is 13.8. The van der Waals surface area contributed by atoms with Crippen molar-refractivity contribution in [1.82, 2.24) is 0 Å². The normalized spacial score (nSPS) is 17.9. The number of thioether (sulfide) groups is 1. The predicted octanol–water partition coefficient (Wildman–Crippen LogP) is 6.57. The highest BCUT2D eigenvalue weighted by atomic mass is 32.2. The molecular weight excluding hydrogens is 395 g/mol. The second-order valence-electron chi connectivity index (χ2n) is 6.87. The van der Waals surface area contributed by atoms with E-state index in [1.807, 2.05) is 36.4 Å². The molecule has 1 aliphatic carbocycles. The van der Waals surface area contributed by atoms with Gasteiger partial charge in [0.25, 0.3) is 0 Å². The van der Waals surface area contributed by atoms with Gasteiger partial charge < -0.3 is 5.32 Å².